The van der Waals surface area contributed by atoms with Crippen molar-refractivity contribution >= 4 is 23.2 Å². The van der Waals surface area contributed by atoms with Gasteiger partial charge in [-0.05, 0) is 53.9 Å². The van der Waals surface area contributed by atoms with Gasteiger partial charge >= 0.3 is 0 Å². The minimum Gasteiger partial charge on any atom is -0.313 e. The Hall–Kier alpha value is -1.02. The maximum atomic E-state index is 6.21. The molecule has 0 heterocycles. The summed E-state index contributed by atoms with van der Waals surface area (Å²) in [4.78, 5) is 0. The van der Waals surface area contributed by atoms with E-state index >= 15 is 0 Å². The molecule has 0 aliphatic rings. The highest BCUT2D eigenvalue weighted by molar-refractivity contribution is 6.32. The molecular weight excluding hydrogens is 277 g/mol. The number of halogens is 2. The SMILES string of the molecule is CCNCc1ccc(Cl)cc1-c1ccc(C)c(Cl)c1. The molecule has 0 saturated carbocycles. The minimum atomic E-state index is 0.743. The van der Waals surface area contributed by atoms with Crippen LogP contribution < -0.4 is 5.32 Å². The normalized spacial score (nSPS) is 10.7. The summed E-state index contributed by atoms with van der Waals surface area (Å²) < 4.78 is 0. The molecule has 0 spiro atoms. The van der Waals surface area contributed by atoms with Crippen molar-refractivity contribution in [3.63, 3.8) is 0 Å². The summed E-state index contributed by atoms with van der Waals surface area (Å²) in [5.41, 5.74) is 4.55. The molecule has 0 saturated heterocycles. The standard InChI is InChI=1S/C16H17Cl2N/c1-3-19-10-13-6-7-14(17)9-15(13)12-5-4-11(2)16(18)8-12/h4-9,19H,3,10H2,1-2H3. The molecule has 2 rings (SSSR count). The zero-order chi connectivity index (χ0) is 13.8. The summed E-state index contributed by atoms with van der Waals surface area (Å²) in [6.07, 6.45) is 0. The van der Waals surface area contributed by atoms with Crippen LogP contribution >= 0.6 is 23.2 Å². The largest absolute Gasteiger partial charge is 0.313 e. The number of aryl methyl sites for hydroxylation is 1. The van der Waals surface area contributed by atoms with Crippen molar-refractivity contribution in [2.75, 3.05) is 6.54 Å². The second kappa shape index (κ2) is 6.42. The quantitative estimate of drug-likeness (QED) is 0.829. The summed E-state index contributed by atoms with van der Waals surface area (Å²) >= 11 is 12.3. The maximum Gasteiger partial charge on any atom is 0.0441 e. The van der Waals surface area contributed by atoms with Crippen LogP contribution in [0.1, 0.15) is 18.1 Å². The van der Waals surface area contributed by atoms with Gasteiger partial charge in [0.25, 0.3) is 0 Å². The van der Waals surface area contributed by atoms with E-state index in [0.717, 1.165) is 39.8 Å². The second-order valence-electron chi connectivity index (χ2n) is 4.55. The Morgan fingerprint density at radius 1 is 1.05 bits per heavy atom. The van der Waals surface area contributed by atoms with Crippen molar-refractivity contribution in [3.05, 3.63) is 57.6 Å². The maximum absolute atomic E-state index is 6.21. The predicted octanol–water partition coefficient (Wildman–Crippen LogP) is 5.08. The van der Waals surface area contributed by atoms with E-state index in [1.807, 2.05) is 31.2 Å². The number of hydrogen-bond acceptors (Lipinski definition) is 1. The lowest BCUT2D eigenvalue weighted by atomic mass is 9.98. The van der Waals surface area contributed by atoms with Crippen LogP contribution in [0.15, 0.2) is 36.4 Å². The van der Waals surface area contributed by atoms with Crippen LogP contribution in [-0.2, 0) is 6.54 Å². The number of nitrogens with one attached hydrogen (secondary N) is 1. The molecule has 1 nitrogen and oxygen atoms in total. The zero-order valence-corrected chi connectivity index (χ0v) is 12.6. The van der Waals surface area contributed by atoms with Crippen LogP contribution in [-0.4, -0.2) is 6.54 Å². The van der Waals surface area contributed by atoms with Gasteiger partial charge in [0.15, 0.2) is 0 Å². The minimum absolute atomic E-state index is 0.743. The first-order valence-electron chi connectivity index (χ1n) is 6.37. The second-order valence-corrected chi connectivity index (χ2v) is 5.39. The number of hydrogen-bond donors (Lipinski definition) is 1. The van der Waals surface area contributed by atoms with Gasteiger partial charge in [-0.1, -0.05) is 48.3 Å². The molecule has 0 aliphatic heterocycles. The van der Waals surface area contributed by atoms with Crippen molar-refractivity contribution < 1.29 is 0 Å². The molecule has 0 fully saturated rings. The third kappa shape index (κ3) is 3.50. The van der Waals surface area contributed by atoms with E-state index in [9.17, 15) is 0 Å². The van der Waals surface area contributed by atoms with E-state index in [1.54, 1.807) is 0 Å². The molecule has 3 heteroatoms. The molecule has 0 atom stereocenters. The highest BCUT2D eigenvalue weighted by Crippen LogP contribution is 2.30. The summed E-state index contributed by atoms with van der Waals surface area (Å²) in [6.45, 7) is 5.87. The van der Waals surface area contributed by atoms with Crippen LogP contribution in [0.2, 0.25) is 10.0 Å². The van der Waals surface area contributed by atoms with E-state index in [2.05, 4.69) is 24.4 Å². The molecular formula is C16H17Cl2N. The van der Waals surface area contributed by atoms with E-state index in [0.29, 0.717) is 0 Å². The summed E-state index contributed by atoms with van der Waals surface area (Å²) in [6, 6.07) is 12.1. The van der Waals surface area contributed by atoms with E-state index in [4.69, 9.17) is 23.2 Å². The van der Waals surface area contributed by atoms with Crippen molar-refractivity contribution in [2.45, 2.75) is 20.4 Å². The third-order valence-corrected chi connectivity index (χ3v) is 3.76. The van der Waals surface area contributed by atoms with Crippen LogP contribution in [0, 0.1) is 6.92 Å². The summed E-state index contributed by atoms with van der Waals surface area (Å²) in [5.74, 6) is 0. The first-order chi connectivity index (χ1) is 9.11. The molecule has 0 radical (unpaired) electrons. The fraction of sp³-hybridized carbons (Fsp3) is 0.250. The van der Waals surface area contributed by atoms with Crippen LogP contribution in [0.3, 0.4) is 0 Å². The van der Waals surface area contributed by atoms with E-state index in [1.165, 1.54) is 5.56 Å². The first-order valence-corrected chi connectivity index (χ1v) is 7.13. The Balaban J connectivity index is 2.46. The van der Waals surface area contributed by atoms with Gasteiger partial charge in [0.2, 0.25) is 0 Å². The average molecular weight is 294 g/mol. The monoisotopic (exact) mass is 293 g/mol. The zero-order valence-electron chi connectivity index (χ0n) is 11.1. The predicted molar refractivity (Wildman–Crippen MR) is 84.0 cm³/mol. The smallest absolute Gasteiger partial charge is 0.0441 e. The Kier molecular flexibility index (Phi) is 4.87. The molecule has 2 aromatic rings. The van der Waals surface area contributed by atoms with Gasteiger partial charge in [0.05, 0.1) is 0 Å². The number of benzene rings is 2. The summed E-state index contributed by atoms with van der Waals surface area (Å²) in [7, 11) is 0. The van der Waals surface area contributed by atoms with Crippen molar-refractivity contribution in [1.82, 2.24) is 5.32 Å². The lowest BCUT2D eigenvalue weighted by Crippen LogP contribution is -2.12. The van der Waals surface area contributed by atoms with Crippen molar-refractivity contribution in [2.24, 2.45) is 0 Å². The first kappa shape index (κ1) is 14.4. The fourth-order valence-electron chi connectivity index (χ4n) is 1.99. The highest BCUT2D eigenvalue weighted by atomic mass is 35.5. The molecule has 0 unspecified atom stereocenters. The Bertz CT molecular complexity index is 579. The van der Waals surface area contributed by atoms with Gasteiger partial charge < -0.3 is 5.32 Å². The molecule has 2 aromatic carbocycles. The fourth-order valence-corrected chi connectivity index (χ4v) is 2.34. The van der Waals surface area contributed by atoms with Gasteiger partial charge in [-0.15, -0.1) is 0 Å². The average Bonchev–Trinajstić information content (AvgIpc) is 2.40. The third-order valence-electron chi connectivity index (χ3n) is 3.12. The Labute approximate surface area is 124 Å². The van der Waals surface area contributed by atoms with Crippen LogP contribution in [0.25, 0.3) is 11.1 Å². The lowest BCUT2D eigenvalue weighted by molar-refractivity contribution is 0.728. The highest BCUT2D eigenvalue weighted by Gasteiger charge is 2.07. The van der Waals surface area contributed by atoms with Gasteiger partial charge in [-0.3, -0.25) is 0 Å². The van der Waals surface area contributed by atoms with Gasteiger partial charge in [0.1, 0.15) is 0 Å². The lowest BCUT2D eigenvalue weighted by Gasteiger charge is -2.12. The molecule has 0 bridgehead atoms. The van der Waals surface area contributed by atoms with Gasteiger partial charge in [0, 0.05) is 16.6 Å². The Morgan fingerprint density at radius 2 is 1.84 bits per heavy atom. The molecule has 100 valence electrons. The molecule has 0 amide bonds. The van der Waals surface area contributed by atoms with Crippen molar-refractivity contribution in [1.29, 1.82) is 0 Å². The Morgan fingerprint density at radius 3 is 2.53 bits per heavy atom. The van der Waals surface area contributed by atoms with E-state index < -0.39 is 0 Å². The van der Waals surface area contributed by atoms with Gasteiger partial charge in [-0.25, -0.2) is 0 Å². The topological polar surface area (TPSA) is 12.0 Å². The van der Waals surface area contributed by atoms with Gasteiger partial charge in [-0.2, -0.15) is 0 Å². The summed E-state index contributed by atoms with van der Waals surface area (Å²) in [5, 5.41) is 4.87. The molecule has 0 aliphatic carbocycles. The molecule has 0 aromatic heterocycles. The van der Waals surface area contributed by atoms with Crippen LogP contribution in [0.5, 0.6) is 0 Å². The molecule has 19 heavy (non-hydrogen) atoms. The van der Waals surface area contributed by atoms with E-state index in [-0.39, 0.29) is 0 Å². The van der Waals surface area contributed by atoms with Crippen LogP contribution in [0.4, 0.5) is 0 Å². The molecule has 1 N–H and O–H groups in total. The van der Waals surface area contributed by atoms with Crippen molar-refractivity contribution in [3.8, 4) is 11.1 Å². The number of rotatable bonds is 4.